The van der Waals surface area contributed by atoms with E-state index in [0.29, 0.717) is 0 Å². The maximum atomic E-state index is 2.35. The van der Waals surface area contributed by atoms with Crippen molar-refractivity contribution in [2.45, 2.75) is 6.42 Å². The highest BCUT2D eigenvalue weighted by molar-refractivity contribution is 7.95. The predicted octanol–water partition coefficient (Wildman–Crippen LogP) is 2.98. The molecule has 0 saturated heterocycles. The molecule has 3 aromatic rings. The van der Waals surface area contributed by atoms with Gasteiger partial charge in [0, 0.05) is 0 Å². The number of halogens is 1. The van der Waals surface area contributed by atoms with Crippen LogP contribution in [0.15, 0.2) is 139 Å². The van der Waals surface area contributed by atoms with Gasteiger partial charge in [0.25, 0.3) is 0 Å². The first-order chi connectivity index (χ1) is 14.4. The number of hydrogen-bond donors (Lipinski definition) is 0. The van der Waals surface area contributed by atoms with Gasteiger partial charge in [-0.15, -0.1) is 0 Å². The Labute approximate surface area is 198 Å². The lowest BCUT2D eigenvalue weighted by atomic mass is 10.1. The molecular formula is C28H26IP. The molecule has 150 valence electrons. The van der Waals surface area contributed by atoms with Gasteiger partial charge in [-0.3, -0.25) is 0 Å². The summed E-state index contributed by atoms with van der Waals surface area (Å²) in [4.78, 5) is 0. The van der Waals surface area contributed by atoms with Crippen molar-refractivity contribution in [2.24, 2.45) is 0 Å². The molecule has 0 N–H and O–H groups in total. The van der Waals surface area contributed by atoms with Gasteiger partial charge in [-0.2, -0.15) is 0 Å². The van der Waals surface area contributed by atoms with Crippen molar-refractivity contribution in [1.29, 1.82) is 0 Å². The van der Waals surface area contributed by atoms with Crippen molar-refractivity contribution in [1.82, 2.24) is 0 Å². The fraction of sp³-hybridized carbons (Fsp3) is 0.0714. The van der Waals surface area contributed by atoms with Crippen LogP contribution >= 0.6 is 7.26 Å². The summed E-state index contributed by atoms with van der Waals surface area (Å²) in [6.45, 7) is 0. The second kappa shape index (κ2) is 11.2. The molecule has 0 saturated carbocycles. The van der Waals surface area contributed by atoms with Crippen LogP contribution in [0.3, 0.4) is 0 Å². The summed E-state index contributed by atoms with van der Waals surface area (Å²) in [7, 11) is -1.78. The third-order valence-electron chi connectivity index (χ3n) is 5.29. The highest BCUT2D eigenvalue weighted by Crippen LogP contribution is 2.55. The molecule has 0 aromatic heterocycles. The van der Waals surface area contributed by atoms with Crippen molar-refractivity contribution in [3.8, 4) is 0 Å². The van der Waals surface area contributed by atoms with E-state index < -0.39 is 7.26 Å². The lowest BCUT2D eigenvalue weighted by Gasteiger charge is -2.26. The van der Waals surface area contributed by atoms with Crippen LogP contribution in [0.1, 0.15) is 6.42 Å². The largest absolute Gasteiger partial charge is 1.00 e. The van der Waals surface area contributed by atoms with Crippen LogP contribution in [0.2, 0.25) is 0 Å². The topological polar surface area (TPSA) is 0 Å². The minimum Gasteiger partial charge on any atom is -1.00 e. The number of hydrogen-bond acceptors (Lipinski definition) is 0. The Balaban J connectivity index is 0.00000256. The molecule has 0 atom stereocenters. The van der Waals surface area contributed by atoms with E-state index in [2.05, 4.69) is 134 Å². The summed E-state index contributed by atoms with van der Waals surface area (Å²) < 4.78 is 0. The summed E-state index contributed by atoms with van der Waals surface area (Å²) in [6, 6.07) is 33.1. The Morgan fingerprint density at radius 2 is 1.07 bits per heavy atom. The summed E-state index contributed by atoms with van der Waals surface area (Å²) in [5, 5.41) is 4.27. The van der Waals surface area contributed by atoms with Crippen molar-refractivity contribution in [3.05, 3.63) is 139 Å². The van der Waals surface area contributed by atoms with Crippen LogP contribution in [-0.4, -0.2) is 6.16 Å². The molecule has 0 aliphatic heterocycles. The number of benzene rings is 3. The molecule has 0 heterocycles. The first-order valence-corrected chi connectivity index (χ1v) is 12.1. The lowest BCUT2D eigenvalue weighted by molar-refractivity contribution is -0.00000554. The first kappa shape index (κ1) is 22.5. The zero-order valence-electron chi connectivity index (χ0n) is 16.9. The molecule has 0 unspecified atom stereocenters. The molecule has 0 bridgehead atoms. The standard InChI is InChI=1S/C28H26P.HI/c1-5-15-25(16-6-1)17-13-14-24-29(26-18-7-2-8-19-26,27-20-9-3-10-21-27)28-22-11-4-12-23-28;/h2-23H,1,24H2;1H/q+1;/p-1/b14-13+;. The third kappa shape index (κ3) is 5.09. The van der Waals surface area contributed by atoms with Crippen molar-refractivity contribution in [2.75, 3.05) is 6.16 Å². The maximum Gasteiger partial charge on any atom is 0.115 e. The second-order valence-corrected chi connectivity index (χ2v) is 10.7. The first-order valence-electron chi connectivity index (χ1n) is 10.1. The molecular weight excluding hydrogens is 494 g/mol. The Bertz CT molecular complexity index is 921. The van der Waals surface area contributed by atoms with Crippen LogP contribution in [0, 0.1) is 0 Å². The molecule has 0 amide bonds. The quantitative estimate of drug-likeness (QED) is 0.347. The van der Waals surface area contributed by atoms with E-state index in [1.165, 1.54) is 21.5 Å². The Morgan fingerprint density at radius 3 is 1.50 bits per heavy atom. The van der Waals surface area contributed by atoms with Gasteiger partial charge in [0.1, 0.15) is 23.2 Å². The molecule has 0 radical (unpaired) electrons. The molecule has 0 fully saturated rings. The molecule has 4 rings (SSSR count). The summed E-state index contributed by atoms with van der Waals surface area (Å²) in [5.74, 6) is 0. The van der Waals surface area contributed by atoms with Gasteiger partial charge >= 0.3 is 0 Å². The second-order valence-electron chi connectivity index (χ2n) is 7.13. The highest BCUT2D eigenvalue weighted by atomic mass is 127. The van der Waals surface area contributed by atoms with Gasteiger partial charge in [-0.1, -0.05) is 91.1 Å². The zero-order valence-corrected chi connectivity index (χ0v) is 20.0. The van der Waals surface area contributed by atoms with E-state index >= 15 is 0 Å². The highest BCUT2D eigenvalue weighted by Gasteiger charge is 2.43. The van der Waals surface area contributed by atoms with Crippen LogP contribution in [0.4, 0.5) is 0 Å². The van der Waals surface area contributed by atoms with E-state index in [0.717, 1.165) is 12.6 Å². The molecule has 30 heavy (non-hydrogen) atoms. The van der Waals surface area contributed by atoms with Crippen molar-refractivity contribution in [3.63, 3.8) is 0 Å². The van der Waals surface area contributed by atoms with Crippen molar-refractivity contribution >= 4 is 23.2 Å². The average Bonchev–Trinajstić information content (AvgIpc) is 2.82. The van der Waals surface area contributed by atoms with E-state index in [9.17, 15) is 0 Å². The molecule has 1 aliphatic carbocycles. The Morgan fingerprint density at radius 1 is 0.633 bits per heavy atom. The average molecular weight is 520 g/mol. The van der Waals surface area contributed by atoms with Gasteiger partial charge in [-0.05, 0) is 54.5 Å². The smallest absolute Gasteiger partial charge is 0.115 e. The predicted molar refractivity (Wildman–Crippen MR) is 130 cm³/mol. The summed E-state index contributed by atoms with van der Waals surface area (Å²) in [6.07, 6.45) is 17.6. The van der Waals surface area contributed by atoms with Gasteiger partial charge in [-0.25, -0.2) is 0 Å². The van der Waals surface area contributed by atoms with Gasteiger partial charge in [0.2, 0.25) is 0 Å². The van der Waals surface area contributed by atoms with Crippen LogP contribution < -0.4 is 39.9 Å². The summed E-state index contributed by atoms with van der Waals surface area (Å²) >= 11 is 0. The minimum atomic E-state index is -1.78. The normalized spacial score (nSPS) is 13.3. The van der Waals surface area contributed by atoms with E-state index in [1.807, 2.05) is 0 Å². The number of rotatable bonds is 6. The Kier molecular flexibility index (Phi) is 8.42. The maximum absolute atomic E-state index is 2.35. The fourth-order valence-corrected chi connectivity index (χ4v) is 7.87. The van der Waals surface area contributed by atoms with E-state index in [-0.39, 0.29) is 24.0 Å². The van der Waals surface area contributed by atoms with Gasteiger partial charge in [0.05, 0.1) is 6.16 Å². The molecule has 1 aliphatic rings. The fourth-order valence-electron chi connectivity index (χ4n) is 3.86. The van der Waals surface area contributed by atoms with Crippen LogP contribution in [0.25, 0.3) is 0 Å². The third-order valence-corrected chi connectivity index (χ3v) is 9.59. The lowest BCUT2D eigenvalue weighted by Crippen LogP contribution is -3.00. The zero-order chi connectivity index (χ0) is 19.8. The monoisotopic (exact) mass is 520 g/mol. The van der Waals surface area contributed by atoms with E-state index in [1.54, 1.807) is 0 Å². The van der Waals surface area contributed by atoms with Crippen molar-refractivity contribution < 1.29 is 24.0 Å². The van der Waals surface area contributed by atoms with Gasteiger partial charge < -0.3 is 24.0 Å². The molecule has 0 spiro atoms. The Hall–Kier alpha value is -2.22. The van der Waals surface area contributed by atoms with Crippen LogP contribution in [-0.2, 0) is 0 Å². The molecule has 0 nitrogen and oxygen atoms in total. The molecule has 3 aromatic carbocycles. The van der Waals surface area contributed by atoms with E-state index in [4.69, 9.17) is 0 Å². The van der Waals surface area contributed by atoms with Crippen LogP contribution in [0.5, 0.6) is 0 Å². The SMILES string of the molecule is C1=CC(=C/C=C/C[P+](c2ccccc2)(c2ccccc2)c2ccccc2)C=CC1.[I-]. The molecule has 2 heteroatoms. The number of allylic oxidation sites excluding steroid dienone is 8. The van der Waals surface area contributed by atoms with Gasteiger partial charge in [0.15, 0.2) is 0 Å². The summed E-state index contributed by atoms with van der Waals surface area (Å²) in [5.41, 5.74) is 1.26. The minimum absolute atomic E-state index is 0.